The van der Waals surface area contributed by atoms with Crippen molar-refractivity contribution < 1.29 is 9.53 Å². The number of aromatic nitrogens is 2. The van der Waals surface area contributed by atoms with Crippen LogP contribution in [0.2, 0.25) is 5.02 Å². The number of alkyl carbamates (subject to hydrolysis) is 1. The number of aromatic amines is 1. The highest BCUT2D eigenvalue weighted by atomic mass is 35.5. The van der Waals surface area contributed by atoms with Crippen molar-refractivity contribution in [3.8, 4) is 0 Å². The van der Waals surface area contributed by atoms with Gasteiger partial charge in [-0.15, -0.1) is 0 Å². The van der Waals surface area contributed by atoms with Gasteiger partial charge < -0.3 is 19.9 Å². The van der Waals surface area contributed by atoms with Gasteiger partial charge in [0, 0.05) is 30.7 Å². The largest absolute Gasteiger partial charge is 0.445 e. The van der Waals surface area contributed by atoms with Crippen LogP contribution in [0.4, 0.5) is 10.6 Å². The SMILES string of the molecule is O=C(N[C@H]1CCN(c2cc(Cl)c3cc[nH]c3n2)C1)OCc1ccccc1. The van der Waals surface area contributed by atoms with Crippen LogP contribution in [-0.4, -0.2) is 35.2 Å². The lowest BCUT2D eigenvalue weighted by atomic mass is 10.2. The fourth-order valence-electron chi connectivity index (χ4n) is 3.16. The molecule has 0 spiro atoms. The molecule has 1 aliphatic rings. The van der Waals surface area contributed by atoms with Gasteiger partial charge in [-0.05, 0) is 18.1 Å². The van der Waals surface area contributed by atoms with E-state index < -0.39 is 6.09 Å². The van der Waals surface area contributed by atoms with E-state index in [1.54, 1.807) is 0 Å². The number of amides is 1. The number of fused-ring (bicyclic) bond motifs is 1. The number of carbonyl (C=O) groups is 1. The maximum atomic E-state index is 12.0. The second-order valence-electron chi connectivity index (χ2n) is 6.34. The van der Waals surface area contributed by atoms with Crippen molar-refractivity contribution in [2.45, 2.75) is 19.1 Å². The lowest BCUT2D eigenvalue weighted by Crippen LogP contribution is -2.37. The molecule has 0 radical (unpaired) electrons. The highest BCUT2D eigenvalue weighted by Gasteiger charge is 2.26. The molecule has 1 atom stereocenters. The third-order valence-electron chi connectivity index (χ3n) is 4.51. The lowest BCUT2D eigenvalue weighted by molar-refractivity contribution is 0.136. The summed E-state index contributed by atoms with van der Waals surface area (Å²) in [4.78, 5) is 21.8. The van der Waals surface area contributed by atoms with Crippen LogP contribution in [0.1, 0.15) is 12.0 Å². The Morgan fingerprint density at radius 2 is 2.19 bits per heavy atom. The standard InChI is InChI=1S/C19H19ClN4O2/c20-16-10-17(23-18-15(16)6-8-21-18)24-9-7-14(11-24)22-19(25)26-12-13-4-2-1-3-5-13/h1-6,8,10,14H,7,9,11-12H2,(H,21,23)(H,22,25)/t14-/m0/s1. The van der Waals surface area contributed by atoms with Crippen LogP contribution < -0.4 is 10.2 Å². The summed E-state index contributed by atoms with van der Waals surface area (Å²) in [6.45, 7) is 1.75. The Balaban J connectivity index is 1.33. The minimum atomic E-state index is -0.397. The van der Waals surface area contributed by atoms with E-state index in [1.165, 1.54) is 0 Å². The number of anilines is 1. The number of benzene rings is 1. The number of hydrogen-bond donors (Lipinski definition) is 2. The summed E-state index contributed by atoms with van der Waals surface area (Å²) in [7, 11) is 0. The summed E-state index contributed by atoms with van der Waals surface area (Å²) in [5.74, 6) is 0.812. The van der Waals surface area contributed by atoms with E-state index in [-0.39, 0.29) is 12.6 Å². The molecule has 0 saturated carbocycles. The van der Waals surface area contributed by atoms with Crippen LogP contribution in [0.3, 0.4) is 0 Å². The molecule has 7 heteroatoms. The molecule has 3 heterocycles. The fraction of sp³-hybridized carbons (Fsp3) is 0.263. The molecule has 4 rings (SSSR count). The smallest absolute Gasteiger partial charge is 0.407 e. The lowest BCUT2D eigenvalue weighted by Gasteiger charge is -2.18. The number of H-pyrrole nitrogens is 1. The van der Waals surface area contributed by atoms with Gasteiger partial charge in [0.25, 0.3) is 0 Å². The predicted octanol–water partition coefficient (Wildman–Crippen LogP) is 3.72. The zero-order valence-corrected chi connectivity index (χ0v) is 14.9. The molecular weight excluding hydrogens is 352 g/mol. The third kappa shape index (κ3) is 3.60. The van der Waals surface area contributed by atoms with E-state index in [9.17, 15) is 4.79 Å². The highest BCUT2D eigenvalue weighted by Crippen LogP contribution is 2.28. The monoisotopic (exact) mass is 370 g/mol. The van der Waals surface area contributed by atoms with Crippen molar-refractivity contribution in [3.63, 3.8) is 0 Å². The van der Waals surface area contributed by atoms with E-state index in [1.807, 2.05) is 48.7 Å². The minimum Gasteiger partial charge on any atom is -0.445 e. The van der Waals surface area contributed by atoms with Crippen molar-refractivity contribution in [3.05, 3.63) is 59.2 Å². The van der Waals surface area contributed by atoms with Crippen molar-refractivity contribution >= 4 is 34.5 Å². The molecule has 2 aromatic heterocycles. The van der Waals surface area contributed by atoms with Gasteiger partial charge in [-0.3, -0.25) is 0 Å². The quantitative estimate of drug-likeness (QED) is 0.734. The maximum Gasteiger partial charge on any atom is 0.407 e. The topological polar surface area (TPSA) is 70.2 Å². The first-order valence-corrected chi connectivity index (χ1v) is 8.92. The average molecular weight is 371 g/mol. The number of halogens is 1. The molecule has 1 aliphatic heterocycles. The maximum absolute atomic E-state index is 12.0. The molecule has 1 amide bonds. The molecule has 1 fully saturated rings. The van der Waals surface area contributed by atoms with E-state index in [0.717, 1.165) is 35.4 Å². The van der Waals surface area contributed by atoms with Gasteiger partial charge in [-0.2, -0.15) is 0 Å². The second-order valence-corrected chi connectivity index (χ2v) is 6.75. The van der Waals surface area contributed by atoms with Gasteiger partial charge in [-0.25, -0.2) is 9.78 Å². The molecular formula is C19H19ClN4O2. The minimum absolute atomic E-state index is 0.0261. The summed E-state index contributed by atoms with van der Waals surface area (Å²) in [5, 5.41) is 4.51. The summed E-state index contributed by atoms with van der Waals surface area (Å²) in [6, 6.07) is 13.4. The van der Waals surface area contributed by atoms with Crippen molar-refractivity contribution in [2.75, 3.05) is 18.0 Å². The Bertz CT molecular complexity index is 912. The first kappa shape index (κ1) is 16.7. The fourth-order valence-corrected chi connectivity index (χ4v) is 3.41. The van der Waals surface area contributed by atoms with Gasteiger partial charge in [-0.1, -0.05) is 41.9 Å². The molecule has 1 aromatic carbocycles. The highest BCUT2D eigenvalue weighted by molar-refractivity contribution is 6.35. The number of hydrogen-bond acceptors (Lipinski definition) is 4. The van der Waals surface area contributed by atoms with Crippen LogP contribution in [0, 0.1) is 0 Å². The number of carbonyl (C=O) groups excluding carboxylic acids is 1. The Morgan fingerprint density at radius 1 is 1.35 bits per heavy atom. The number of pyridine rings is 1. The molecule has 0 bridgehead atoms. The van der Waals surface area contributed by atoms with Crippen LogP contribution >= 0.6 is 11.6 Å². The zero-order chi connectivity index (χ0) is 17.9. The Hall–Kier alpha value is -2.73. The summed E-state index contributed by atoms with van der Waals surface area (Å²) in [5.41, 5.74) is 1.74. The first-order valence-electron chi connectivity index (χ1n) is 8.55. The van der Waals surface area contributed by atoms with Crippen LogP contribution in [0.5, 0.6) is 0 Å². The Labute approximate surface area is 156 Å². The summed E-state index contributed by atoms with van der Waals surface area (Å²) in [6.07, 6.45) is 2.26. The molecule has 6 nitrogen and oxygen atoms in total. The summed E-state index contributed by atoms with van der Waals surface area (Å²) >= 11 is 6.33. The number of rotatable bonds is 4. The van der Waals surface area contributed by atoms with E-state index in [2.05, 4.69) is 20.2 Å². The van der Waals surface area contributed by atoms with Crippen LogP contribution in [0.15, 0.2) is 48.7 Å². The van der Waals surface area contributed by atoms with Gasteiger partial charge in [0.2, 0.25) is 0 Å². The Kier molecular flexibility index (Phi) is 4.67. The first-order chi connectivity index (χ1) is 12.7. The Morgan fingerprint density at radius 3 is 3.04 bits per heavy atom. The zero-order valence-electron chi connectivity index (χ0n) is 14.1. The molecule has 3 aromatic rings. The average Bonchev–Trinajstić information content (AvgIpc) is 3.30. The number of ether oxygens (including phenoxy) is 1. The molecule has 0 aliphatic carbocycles. The van der Waals surface area contributed by atoms with Gasteiger partial charge >= 0.3 is 6.09 Å². The molecule has 134 valence electrons. The molecule has 1 saturated heterocycles. The van der Waals surface area contributed by atoms with Crippen molar-refractivity contribution in [1.29, 1.82) is 0 Å². The van der Waals surface area contributed by atoms with Gasteiger partial charge in [0.1, 0.15) is 18.1 Å². The van der Waals surface area contributed by atoms with E-state index in [0.29, 0.717) is 11.6 Å². The normalized spacial score (nSPS) is 16.8. The molecule has 26 heavy (non-hydrogen) atoms. The predicted molar refractivity (Wildman–Crippen MR) is 101 cm³/mol. The van der Waals surface area contributed by atoms with E-state index >= 15 is 0 Å². The van der Waals surface area contributed by atoms with Crippen molar-refractivity contribution in [1.82, 2.24) is 15.3 Å². The molecule has 0 unspecified atom stereocenters. The van der Waals surface area contributed by atoms with Crippen LogP contribution in [0.25, 0.3) is 11.0 Å². The summed E-state index contributed by atoms with van der Waals surface area (Å²) < 4.78 is 5.29. The third-order valence-corrected chi connectivity index (χ3v) is 4.82. The second kappa shape index (κ2) is 7.25. The number of nitrogens with one attached hydrogen (secondary N) is 2. The van der Waals surface area contributed by atoms with Crippen LogP contribution in [-0.2, 0) is 11.3 Å². The molecule has 2 N–H and O–H groups in total. The van der Waals surface area contributed by atoms with Gasteiger partial charge in [0.15, 0.2) is 0 Å². The van der Waals surface area contributed by atoms with E-state index in [4.69, 9.17) is 16.3 Å². The number of nitrogens with zero attached hydrogens (tertiary/aromatic N) is 2. The van der Waals surface area contributed by atoms with Gasteiger partial charge in [0.05, 0.1) is 11.1 Å². The van der Waals surface area contributed by atoms with Crippen molar-refractivity contribution in [2.24, 2.45) is 0 Å².